The van der Waals surface area contributed by atoms with Gasteiger partial charge in [0.05, 0.1) is 0 Å². The van der Waals surface area contributed by atoms with Crippen LogP contribution in [0.3, 0.4) is 0 Å². The maximum atomic E-state index is 12.9. The van der Waals surface area contributed by atoms with Crippen molar-refractivity contribution in [3.05, 3.63) is 52.1 Å². The molecule has 0 radical (unpaired) electrons. The molecule has 2 aromatic rings. The fourth-order valence-corrected chi connectivity index (χ4v) is 2.25. The van der Waals surface area contributed by atoms with Gasteiger partial charge in [-0.15, -0.1) is 0 Å². The van der Waals surface area contributed by atoms with Crippen molar-refractivity contribution in [1.82, 2.24) is 9.97 Å². The molecule has 3 nitrogen and oxygen atoms in total. The molecule has 0 fully saturated rings. The normalized spacial score (nSPS) is 11.5. The Morgan fingerprint density at radius 1 is 1.14 bits per heavy atom. The van der Waals surface area contributed by atoms with Crippen LogP contribution >= 0.6 is 15.9 Å². The third kappa shape index (κ3) is 4.24. The molecule has 2 rings (SSSR count). The molecular weight excluding hydrogens is 333 g/mol. The van der Waals surface area contributed by atoms with Gasteiger partial charge in [0, 0.05) is 25.1 Å². The number of halogens is 2. The van der Waals surface area contributed by atoms with Gasteiger partial charge in [0.15, 0.2) is 0 Å². The fraction of sp³-hybridized carbons (Fsp3) is 0.375. The van der Waals surface area contributed by atoms with Crippen LogP contribution in [-0.2, 0) is 12.0 Å². The lowest BCUT2D eigenvalue weighted by Gasteiger charge is -2.22. The van der Waals surface area contributed by atoms with E-state index in [-0.39, 0.29) is 11.2 Å². The average Bonchev–Trinajstić information content (AvgIpc) is 2.39. The monoisotopic (exact) mass is 351 g/mol. The topological polar surface area (TPSA) is 29.0 Å². The first-order chi connectivity index (χ1) is 9.75. The summed E-state index contributed by atoms with van der Waals surface area (Å²) in [5.74, 6) is 1.41. The molecule has 0 aliphatic carbocycles. The Kier molecular flexibility index (Phi) is 4.61. The molecule has 1 aromatic carbocycles. The number of benzene rings is 1. The van der Waals surface area contributed by atoms with Gasteiger partial charge in [-0.05, 0) is 33.6 Å². The van der Waals surface area contributed by atoms with Crippen molar-refractivity contribution in [2.45, 2.75) is 32.7 Å². The number of hydrogen-bond acceptors (Lipinski definition) is 3. The quantitative estimate of drug-likeness (QED) is 0.771. The van der Waals surface area contributed by atoms with Crippen LogP contribution in [0.5, 0.6) is 0 Å². The average molecular weight is 352 g/mol. The third-order valence-corrected chi connectivity index (χ3v) is 3.48. The number of aromatic nitrogens is 2. The minimum atomic E-state index is -0.221. The molecule has 0 aliphatic rings. The lowest BCUT2D eigenvalue weighted by Crippen LogP contribution is -2.22. The summed E-state index contributed by atoms with van der Waals surface area (Å²) in [5, 5.41) is 0. The fourth-order valence-electron chi connectivity index (χ4n) is 1.88. The summed E-state index contributed by atoms with van der Waals surface area (Å²) in [6, 6.07) is 8.40. The van der Waals surface area contributed by atoms with Crippen LogP contribution in [0.1, 0.15) is 32.2 Å². The summed E-state index contributed by atoms with van der Waals surface area (Å²) in [5.41, 5.74) is 0.917. The first kappa shape index (κ1) is 15.9. The molecule has 1 aromatic heterocycles. The maximum absolute atomic E-state index is 12.9. The van der Waals surface area contributed by atoms with Gasteiger partial charge < -0.3 is 4.90 Å². The minimum Gasteiger partial charge on any atom is -0.355 e. The number of hydrogen-bond donors (Lipinski definition) is 0. The standard InChI is InChI=1S/C16H19BrFN3/c1-16(2,3)15-19-13(17)9-14(20-15)21(4)10-11-5-7-12(18)8-6-11/h5-9H,10H2,1-4H3. The van der Waals surface area contributed by atoms with E-state index in [2.05, 4.69) is 46.7 Å². The van der Waals surface area contributed by atoms with E-state index in [0.29, 0.717) is 6.54 Å². The Hall–Kier alpha value is -1.49. The third-order valence-electron chi connectivity index (χ3n) is 3.08. The highest BCUT2D eigenvalue weighted by Crippen LogP contribution is 2.24. The van der Waals surface area contributed by atoms with Crippen LogP contribution < -0.4 is 4.90 Å². The SMILES string of the molecule is CN(Cc1ccc(F)cc1)c1cc(Br)nc(C(C)(C)C)n1. The Morgan fingerprint density at radius 2 is 1.76 bits per heavy atom. The van der Waals surface area contributed by atoms with Gasteiger partial charge >= 0.3 is 0 Å². The largest absolute Gasteiger partial charge is 0.355 e. The number of anilines is 1. The van der Waals surface area contributed by atoms with E-state index in [1.54, 1.807) is 12.1 Å². The first-order valence-corrected chi connectivity index (χ1v) is 7.55. The predicted octanol–water partition coefficient (Wildman–Crippen LogP) is 4.31. The smallest absolute Gasteiger partial charge is 0.137 e. The van der Waals surface area contributed by atoms with Crippen LogP contribution in [-0.4, -0.2) is 17.0 Å². The van der Waals surface area contributed by atoms with Crippen molar-refractivity contribution in [1.29, 1.82) is 0 Å². The molecule has 0 atom stereocenters. The Labute approximate surface area is 133 Å². The summed E-state index contributed by atoms with van der Waals surface area (Å²) in [6.07, 6.45) is 0. The molecular formula is C16H19BrFN3. The van der Waals surface area contributed by atoms with Gasteiger partial charge in [-0.1, -0.05) is 32.9 Å². The van der Waals surface area contributed by atoms with E-state index in [0.717, 1.165) is 21.8 Å². The molecule has 0 amide bonds. The van der Waals surface area contributed by atoms with Crippen LogP contribution in [0.15, 0.2) is 34.9 Å². The van der Waals surface area contributed by atoms with Gasteiger partial charge in [-0.3, -0.25) is 0 Å². The Morgan fingerprint density at radius 3 is 2.33 bits per heavy atom. The minimum absolute atomic E-state index is 0.116. The van der Waals surface area contributed by atoms with Crippen LogP contribution in [0, 0.1) is 5.82 Å². The molecule has 21 heavy (non-hydrogen) atoms. The summed E-state index contributed by atoms with van der Waals surface area (Å²) in [7, 11) is 1.96. The summed E-state index contributed by atoms with van der Waals surface area (Å²) in [4.78, 5) is 11.1. The second kappa shape index (κ2) is 6.10. The molecule has 1 heterocycles. The summed E-state index contributed by atoms with van der Waals surface area (Å²) >= 11 is 3.44. The zero-order valence-corrected chi connectivity index (χ0v) is 14.3. The molecule has 0 saturated carbocycles. The van der Waals surface area contributed by atoms with Crippen molar-refractivity contribution >= 4 is 21.7 Å². The van der Waals surface area contributed by atoms with E-state index in [1.807, 2.05) is 18.0 Å². The first-order valence-electron chi connectivity index (χ1n) is 6.76. The summed E-state index contributed by atoms with van der Waals surface area (Å²) in [6.45, 7) is 6.91. The molecule has 0 N–H and O–H groups in total. The number of nitrogens with zero attached hydrogens (tertiary/aromatic N) is 3. The van der Waals surface area contributed by atoms with E-state index in [4.69, 9.17) is 0 Å². The molecule has 0 unspecified atom stereocenters. The Bertz CT molecular complexity index is 620. The van der Waals surface area contributed by atoms with Gasteiger partial charge in [-0.25, -0.2) is 14.4 Å². The molecule has 0 spiro atoms. The zero-order valence-electron chi connectivity index (χ0n) is 12.7. The van der Waals surface area contributed by atoms with Crippen LogP contribution in [0.4, 0.5) is 10.2 Å². The van der Waals surface area contributed by atoms with Crippen LogP contribution in [0.2, 0.25) is 0 Å². The predicted molar refractivity (Wildman–Crippen MR) is 86.9 cm³/mol. The number of rotatable bonds is 3. The van der Waals surface area contributed by atoms with Gasteiger partial charge in [0.2, 0.25) is 0 Å². The van der Waals surface area contributed by atoms with E-state index < -0.39 is 0 Å². The van der Waals surface area contributed by atoms with Gasteiger partial charge in [-0.2, -0.15) is 0 Å². The molecule has 0 saturated heterocycles. The van der Waals surface area contributed by atoms with Gasteiger partial charge in [0.1, 0.15) is 22.1 Å². The van der Waals surface area contributed by atoms with Crippen molar-refractivity contribution in [2.75, 3.05) is 11.9 Å². The second-order valence-electron chi connectivity index (χ2n) is 6.11. The lowest BCUT2D eigenvalue weighted by atomic mass is 9.96. The Balaban J connectivity index is 2.24. The van der Waals surface area contributed by atoms with E-state index >= 15 is 0 Å². The van der Waals surface area contributed by atoms with Crippen molar-refractivity contribution in [2.24, 2.45) is 0 Å². The molecule has 0 bridgehead atoms. The van der Waals surface area contributed by atoms with E-state index in [9.17, 15) is 4.39 Å². The summed E-state index contributed by atoms with van der Waals surface area (Å²) < 4.78 is 13.7. The van der Waals surface area contributed by atoms with Crippen molar-refractivity contribution < 1.29 is 4.39 Å². The van der Waals surface area contributed by atoms with Gasteiger partial charge in [0.25, 0.3) is 0 Å². The second-order valence-corrected chi connectivity index (χ2v) is 6.92. The van der Waals surface area contributed by atoms with Crippen molar-refractivity contribution in [3.8, 4) is 0 Å². The highest BCUT2D eigenvalue weighted by atomic mass is 79.9. The highest BCUT2D eigenvalue weighted by Gasteiger charge is 2.19. The van der Waals surface area contributed by atoms with Crippen LogP contribution in [0.25, 0.3) is 0 Å². The zero-order chi connectivity index (χ0) is 15.6. The maximum Gasteiger partial charge on any atom is 0.137 e. The molecule has 0 aliphatic heterocycles. The van der Waals surface area contributed by atoms with Crippen molar-refractivity contribution in [3.63, 3.8) is 0 Å². The molecule has 112 valence electrons. The molecule has 5 heteroatoms. The van der Waals surface area contributed by atoms with E-state index in [1.165, 1.54) is 12.1 Å². The highest BCUT2D eigenvalue weighted by molar-refractivity contribution is 9.10. The lowest BCUT2D eigenvalue weighted by molar-refractivity contribution is 0.542.